The zero-order valence-corrected chi connectivity index (χ0v) is 12.7. The van der Waals surface area contributed by atoms with Crippen molar-refractivity contribution in [2.45, 2.75) is 0 Å². The van der Waals surface area contributed by atoms with E-state index in [2.05, 4.69) is 14.8 Å². The molecule has 0 bridgehead atoms. The summed E-state index contributed by atoms with van der Waals surface area (Å²) >= 11 is 0. The van der Waals surface area contributed by atoms with Crippen LogP contribution in [0.4, 0.5) is 5.69 Å². The van der Waals surface area contributed by atoms with Gasteiger partial charge in [-0.15, -0.1) is 0 Å². The van der Waals surface area contributed by atoms with Crippen molar-refractivity contribution in [2.75, 3.05) is 19.5 Å². The predicted octanol–water partition coefficient (Wildman–Crippen LogP) is 2.51. The highest BCUT2D eigenvalue weighted by molar-refractivity contribution is 6.09. The maximum Gasteiger partial charge on any atom is 0.339 e. The monoisotopic (exact) mass is 313 g/mol. The van der Waals surface area contributed by atoms with Crippen molar-refractivity contribution in [2.24, 2.45) is 0 Å². The summed E-state index contributed by atoms with van der Waals surface area (Å²) in [6.45, 7) is 0. The first-order valence-electron chi connectivity index (χ1n) is 6.74. The number of carbonyl (C=O) groups is 3. The SMILES string of the molecule is COC(=O)c1ccc(C(=O)OC)c(NC(=O)c2ccccc2)c1. The summed E-state index contributed by atoms with van der Waals surface area (Å²) in [7, 11) is 2.48. The van der Waals surface area contributed by atoms with E-state index < -0.39 is 17.8 Å². The minimum atomic E-state index is -0.621. The number of benzene rings is 2. The van der Waals surface area contributed by atoms with Crippen molar-refractivity contribution in [1.82, 2.24) is 0 Å². The van der Waals surface area contributed by atoms with E-state index in [-0.39, 0.29) is 16.8 Å². The summed E-state index contributed by atoms with van der Waals surface area (Å²) in [5.74, 6) is -1.60. The highest BCUT2D eigenvalue weighted by atomic mass is 16.5. The molecule has 2 rings (SSSR count). The Morgan fingerprint density at radius 2 is 1.48 bits per heavy atom. The molecule has 6 nitrogen and oxygen atoms in total. The van der Waals surface area contributed by atoms with Crippen LogP contribution in [-0.4, -0.2) is 32.1 Å². The Hall–Kier alpha value is -3.15. The molecule has 2 aromatic rings. The lowest BCUT2D eigenvalue weighted by Gasteiger charge is -2.11. The van der Waals surface area contributed by atoms with Gasteiger partial charge < -0.3 is 14.8 Å². The first-order chi connectivity index (χ1) is 11.1. The minimum Gasteiger partial charge on any atom is -0.465 e. The Morgan fingerprint density at radius 1 is 0.826 bits per heavy atom. The highest BCUT2D eigenvalue weighted by Gasteiger charge is 2.17. The zero-order chi connectivity index (χ0) is 16.8. The van der Waals surface area contributed by atoms with Crippen molar-refractivity contribution in [3.05, 3.63) is 65.2 Å². The first kappa shape index (κ1) is 16.2. The lowest BCUT2D eigenvalue weighted by Crippen LogP contribution is -2.16. The van der Waals surface area contributed by atoms with Gasteiger partial charge in [0.25, 0.3) is 5.91 Å². The fourth-order valence-corrected chi connectivity index (χ4v) is 1.96. The molecule has 0 saturated heterocycles. The van der Waals surface area contributed by atoms with Crippen LogP contribution < -0.4 is 5.32 Å². The number of ether oxygens (including phenoxy) is 2. The van der Waals surface area contributed by atoms with Gasteiger partial charge in [0.05, 0.1) is 31.0 Å². The molecule has 0 aliphatic carbocycles. The van der Waals surface area contributed by atoms with Gasteiger partial charge in [0.1, 0.15) is 0 Å². The van der Waals surface area contributed by atoms with Gasteiger partial charge in [0, 0.05) is 5.56 Å². The van der Waals surface area contributed by atoms with Crippen LogP contribution in [0.25, 0.3) is 0 Å². The van der Waals surface area contributed by atoms with Crippen LogP contribution >= 0.6 is 0 Å². The third kappa shape index (κ3) is 3.74. The van der Waals surface area contributed by atoms with E-state index in [1.807, 2.05) is 0 Å². The summed E-state index contributed by atoms with van der Waals surface area (Å²) in [5.41, 5.74) is 0.952. The van der Waals surface area contributed by atoms with Crippen LogP contribution in [0.1, 0.15) is 31.1 Å². The van der Waals surface area contributed by atoms with Gasteiger partial charge in [-0.25, -0.2) is 9.59 Å². The third-order valence-corrected chi connectivity index (χ3v) is 3.13. The van der Waals surface area contributed by atoms with Crippen LogP contribution in [0.3, 0.4) is 0 Å². The number of hydrogen-bond donors (Lipinski definition) is 1. The van der Waals surface area contributed by atoms with Crippen molar-refractivity contribution in [3.63, 3.8) is 0 Å². The Balaban J connectivity index is 2.39. The Morgan fingerprint density at radius 3 is 2.09 bits per heavy atom. The quantitative estimate of drug-likeness (QED) is 0.877. The van der Waals surface area contributed by atoms with Crippen molar-refractivity contribution in [3.8, 4) is 0 Å². The summed E-state index contributed by atoms with van der Waals surface area (Å²) < 4.78 is 9.32. The standard InChI is InChI=1S/C17H15NO5/c1-22-16(20)12-8-9-13(17(21)23-2)14(10-12)18-15(19)11-6-4-3-5-7-11/h3-10H,1-2H3,(H,18,19). The van der Waals surface area contributed by atoms with Crippen LogP contribution in [-0.2, 0) is 9.47 Å². The van der Waals surface area contributed by atoms with Gasteiger partial charge in [-0.05, 0) is 30.3 Å². The largest absolute Gasteiger partial charge is 0.465 e. The summed E-state index contributed by atoms with van der Waals surface area (Å²) in [4.78, 5) is 35.7. The number of esters is 2. The van der Waals surface area contributed by atoms with E-state index in [9.17, 15) is 14.4 Å². The van der Waals surface area contributed by atoms with E-state index in [4.69, 9.17) is 0 Å². The molecular weight excluding hydrogens is 298 g/mol. The molecule has 1 N–H and O–H groups in total. The molecule has 0 aliphatic heterocycles. The molecule has 118 valence electrons. The Kier molecular flexibility index (Phi) is 5.09. The zero-order valence-electron chi connectivity index (χ0n) is 12.7. The van der Waals surface area contributed by atoms with E-state index in [0.717, 1.165) is 0 Å². The number of amides is 1. The molecule has 1 amide bonds. The Bertz CT molecular complexity index is 740. The van der Waals surface area contributed by atoms with Crippen molar-refractivity contribution < 1.29 is 23.9 Å². The molecule has 0 spiro atoms. The second-order valence-corrected chi connectivity index (χ2v) is 4.56. The molecule has 0 fully saturated rings. The lowest BCUT2D eigenvalue weighted by atomic mass is 10.1. The van der Waals surface area contributed by atoms with E-state index in [1.54, 1.807) is 30.3 Å². The average molecular weight is 313 g/mol. The molecule has 0 aliphatic rings. The van der Waals surface area contributed by atoms with Gasteiger partial charge >= 0.3 is 11.9 Å². The molecule has 0 radical (unpaired) electrons. The number of rotatable bonds is 4. The molecule has 6 heteroatoms. The lowest BCUT2D eigenvalue weighted by molar-refractivity contribution is 0.0587. The van der Waals surface area contributed by atoms with Gasteiger partial charge in [0.15, 0.2) is 0 Å². The van der Waals surface area contributed by atoms with Crippen molar-refractivity contribution in [1.29, 1.82) is 0 Å². The maximum absolute atomic E-state index is 12.2. The molecule has 0 heterocycles. The smallest absolute Gasteiger partial charge is 0.339 e. The van der Waals surface area contributed by atoms with Gasteiger partial charge in [-0.2, -0.15) is 0 Å². The average Bonchev–Trinajstić information content (AvgIpc) is 2.61. The van der Waals surface area contributed by atoms with E-state index in [1.165, 1.54) is 32.4 Å². The van der Waals surface area contributed by atoms with Crippen LogP contribution in [0.2, 0.25) is 0 Å². The first-order valence-corrected chi connectivity index (χ1v) is 6.74. The van der Waals surface area contributed by atoms with Crippen molar-refractivity contribution >= 4 is 23.5 Å². The summed E-state index contributed by atoms with van der Waals surface area (Å²) in [5, 5.41) is 2.61. The van der Waals surface area contributed by atoms with Gasteiger partial charge in [-0.1, -0.05) is 18.2 Å². The molecule has 2 aromatic carbocycles. The molecule has 0 unspecified atom stereocenters. The molecular formula is C17H15NO5. The van der Waals surface area contributed by atoms with E-state index >= 15 is 0 Å². The number of anilines is 1. The molecule has 0 saturated carbocycles. The maximum atomic E-state index is 12.2. The molecule has 23 heavy (non-hydrogen) atoms. The summed E-state index contributed by atoms with van der Waals surface area (Å²) in [6.07, 6.45) is 0. The number of carbonyl (C=O) groups excluding carboxylic acids is 3. The molecule has 0 aromatic heterocycles. The normalized spacial score (nSPS) is 9.83. The van der Waals surface area contributed by atoms with Gasteiger partial charge in [-0.3, -0.25) is 4.79 Å². The summed E-state index contributed by atoms with van der Waals surface area (Å²) in [6, 6.07) is 12.7. The fraction of sp³-hybridized carbons (Fsp3) is 0.118. The second-order valence-electron chi connectivity index (χ2n) is 4.56. The number of hydrogen-bond acceptors (Lipinski definition) is 5. The number of methoxy groups -OCH3 is 2. The topological polar surface area (TPSA) is 81.7 Å². The number of nitrogens with one attached hydrogen (secondary N) is 1. The van der Waals surface area contributed by atoms with Crippen LogP contribution in [0.5, 0.6) is 0 Å². The fourth-order valence-electron chi connectivity index (χ4n) is 1.96. The van der Waals surface area contributed by atoms with Gasteiger partial charge in [0.2, 0.25) is 0 Å². The highest BCUT2D eigenvalue weighted by Crippen LogP contribution is 2.20. The second kappa shape index (κ2) is 7.22. The molecule has 0 atom stereocenters. The van der Waals surface area contributed by atoms with Crippen LogP contribution in [0.15, 0.2) is 48.5 Å². The van der Waals surface area contributed by atoms with E-state index in [0.29, 0.717) is 5.56 Å². The minimum absolute atomic E-state index is 0.143. The Labute approximate surface area is 133 Å². The van der Waals surface area contributed by atoms with Crippen LogP contribution in [0, 0.1) is 0 Å². The third-order valence-electron chi connectivity index (χ3n) is 3.13. The predicted molar refractivity (Wildman–Crippen MR) is 83.5 cm³/mol.